The molecule has 3 amide bonds. The van der Waals surface area contributed by atoms with Crippen molar-refractivity contribution in [2.45, 2.75) is 23.3 Å². The largest absolute Gasteiger partial charge is 0.494 e. The predicted molar refractivity (Wildman–Crippen MR) is 128 cm³/mol. The van der Waals surface area contributed by atoms with Crippen molar-refractivity contribution in [3.63, 3.8) is 0 Å². The van der Waals surface area contributed by atoms with Gasteiger partial charge in [-0.05, 0) is 41.8 Å². The molecule has 1 fully saturated rings. The van der Waals surface area contributed by atoms with Gasteiger partial charge in [-0.1, -0.05) is 60.7 Å². The number of nitrogens with zero attached hydrogens (tertiary/aromatic N) is 1. The lowest BCUT2D eigenvalue weighted by atomic mass is 9.83. The Balaban J connectivity index is 1.44. The second kappa shape index (κ2) is 9.69. The molecule has 1 heterocycles. The highest BCUT2D eigenvalue weighted by Crippen LogP contribution is 2.33. The molecule has 1 N–H and O–H groups in total. The van der Waals surface area contributed by atoms with Crippen molar-refractivity contribution in [1.82, 2.24) is 10.2 Å². The van der Waals surface area contributed by atoms with Crippen LogP contribution in [0.1, 0.15) is 17.5 Å². The molecule has 34 heavy (non-hydrogen) atoms. The standard InChI is InChI=1S/C26H26N2O5S/c1-34(31,32)23-15-13-22(14-16-23)33-18-8-17-28-24(29)26(27-25(28)30,21-11-6-3-7-12-21)19-20-9-4-2-5-10-20/h2-7,9-16H,8,17-19H2,1H3,(H,27,30). The van der Waals surface area contributed by atoms with Crippen LogP contribution in [0.15, 0.2) is 89.8 Å². The summed E-state index contributed by atoms with van der Waals surface area (Å²) < 4.78 is 28.8. The molecule has 0 bridgehead atoms. The number of amides is 3. The number of carbonyl (C=O) groups excluding carboxylic acids is 2. The maximum absolute atomic E-state index is 13.6. The average Bonchev–Trinajstić information content (AvgIpc) is 3.07. The number of hydrogen-bond acceptors (Lipinski definition) is 5. The molecule has 1 unspecified atom stereocenters. The van der Waals surface area contributed by atoms with E-state index >= 15 is 0 Å². The molecule has 3 aromatic rings. The van der Waals surface area contributed by atoms with E-state index in [4.69, 9.17) is 4.74 Å². The maximum Gasteiger partial charge on any atom is 0.325 e. The normalized spacial score (nSPS) is 18.1. The second-order valence-corrected chi connectivity index (χ2v) is 10.3. The number of carbonyl (C=O) groups is 2. The Hall–Kier alpha value is -3.65. The molecular weight excluding hydrogens is 452 g/mol. The Morgan fingerprint density at radius 1 is 0.882 bits per heavy atom. The summed E-state index contributed by atoms with van der Waals surface area (Å²) in [5.74, 6) is 0.234. The fourth-order valence-corrected chi connectivity index (χ4v) is 4.70. The SMILES string of the molecule is CS(=O)(=O)c1ccc(OCCCN2C(=O)NC(Cc3ccccc3)(c3ccccc3)C2=O)cc1. The molecule has 1 aliphatic heterocycles. The molecule has 1 atom stereocenters. The molecule has 1 saturated heterocycles. The van der Waals surface area contributed by atoms with Gasteiger partial charge in [0.15, 0.2) is 15.4 Å². The lowest BCUT2D eigenvalue weighted by Crippen LogP contribution is -2.46. The van der Waals surface area contributed by atoms with E-state index in [9.17, 15) is 18.0 Å². The van der Waals surface area contributed by atoms with Gasteiger partial charge < -0.3 is 10.1 Å². The second-order valence-electron chi connectivity index (χ2n) is 8.27. The zero-order chi connectivity index (χ0) is 24.2. The van der Waals surface area contributed by atoms with Crippen molar-refractivity contribution in [3.05, 3.63) is 96.1 Å². The van der Waals surface area contributed by atoms with Crippen molar-refractivity contribution in [2.24, 2.45) is 0 Å². The van der Waals surface area contributed by atoms with Crippen molar-refractivity contribution < 1.29 is 22.7 Å². The molecule has 176 valence electrons. The quantitative estimate of drug-likeness (QED) is 0.375. The summed E-state index contributed by atoms with van der Waals surface area (Å²) in [6, 6.07) is 24.6. The average molecular weight is 479 g/mol. The van der Waals surface area contributed by atoms with Crippen molar-refractivity contribution in [2.75, 3.05) is 19.4 Å². The highest BCUT2D eigenvalue weighted by molar-refractivity contribution is 7.90. The summed E-state index contributed by atoms with van der Waals surface area (Å²) in [7, 11) is -3.27. The summed E-state index contributed by atoms with van der Waals surface area (Å²) in [6.45, 7) is 0.474. The molecule has 8 heteroatoms. The molecule has 0 spiro atoms. The summed E-state index contributed by atoms with van der Waals surface area (Å²) >= 11 is 0. The van der Waals surface area contributed by atoms with E-state index in [2.05, 4.69) is 5.32 Å². The first-order valence-corrected chi connectivity index (χ1v) is 12.9. The van der Waals surface area contributed by atoms with Gasteiger partial charge in [-0.25, -0.2) is 13.2 Å². The minimum Gasteiger partial charge on any atom is -0.494 e. The van der Waals surface area contributed by atoms with Gasteiger partial charge in [0.1, 0.15) is 5.75 Å². The number of rotatable bonds is 9. The summed E-state index contributed by atoms with van der Waals surface area (Å²) in [4.78, 5) is 27.9. The first-order chi connectivity index (χ1) is 16.3. The van der Waals surface area contributed by atoms with E-state index in [1.54, 1.807) is 12.1 Å². The Bertz CT molecular complexity index is 1260. The molecule has 7 nitrogen and oxygen atoms in total. The monoisotopic (exact) mass is 478 g/mol. The van der Waals surface area contributed by atoms with Crippen molar-refractivity contribution >= 4 is 21.8 Å². The molecule has 0 aromatic heterocycles. The topological polar surface area (TPSA) is 92.8 Å². The van der Waals surface area contributed by atoms with Crippen LogP contribution >= 0.6 is 0 Å². The molecule has 1 aliphatic rings. The number of ether oxygens (including phenoxy) is 1. The third kappa shape index (κ3) is 4.97. The molecule has 4 rings (SSSR count). The van der Waals surface area contributed by atoms with Gasteiger partial charge in [0.25, 0.3) is 5.91 Å². The fourth-order valence-electron chi connectivity index (χ4n) is 4.07. The number of benzene rings is 3. The molecule has 0 radical (unpaired) electrons. The van der Waals surface area contributed by atoms with E-state index in [-0.39, 0.29) is 24.0 Å². The number of urea groups is 1. The highest BCUT2D eigenvalue weighted by Gasteiger charge is 2.52. The van der Waals surface area contributed by atoms with E-state index in [1.165, 1.54) is 17.0 Å². The highest BCUT2D eigenvalue weighted by atomic mass is 32.2. The van der Waals surface area contributed by atoms with E-state index in [0.717, 1.165) is 17.4 Å². The first kappa shape index (κ1) is 23.5. The summed E-state index contributed by atoms with van der Waals surface area (Å²) in [6.07, 6.45) is 1.93. The van der Waals surface area contributed by atoms with Gasteiger partial charge in [0.05, 0.1) is 11.5 Å². The molecule has 0 saturated carbocycles. The lowest BCUT2D eigenvalue weighted by molar-refractivity contribution is -0.131. The molecule has 0 aliphatic carbocycles. The summed E-state index contributed by atoms with van der Waals surface area (Å²) in [5.41, 5.74) is 0.520. The van der Waals surface area contributed by atoms with E-state index in [0.29, 0.717) is 18.6 Å². The van der Waals surface area contributed by atoms with Crippen molar-refractivity contribution in [1.29, 1.82) is 0 Å². The van der Waals surface area contributed by atoms with Crippen LogP contribution in [-0.2, 0) is 26.6 Å². The van der Waals surface area contributed by atoms with Crippen LogP contribution in [0.5, 0.6) is 5.75 Å². The number of imide groups is 1. The van der Waals surface area contributed by atoms with Crippen LogP contribution in [0.2, 0.25) is 0 Å². The number of nitrogens with one attached hydrogen (secondary N) is 1. The van der Waals surface area contributed by atoms with Crippen LogP contribution < -0.4 is 10.1 Å². The van der Waals surface area contributed by atoms with Crippen LogP contribution in [-0.4, -0.2) is 44.7 Å². The Kier molecular flexibility index (Phi) is 6.70. The van der Waals surface area contributed by atoms with E-state index in [1.807, 2.05) is 60.7 Å². The minimum atomic E-state index is -3.27. The minimum absolute atomic E-state index is 0.204. The summed E-state index contributed by atoms with van der Waals surface area (Å²) in [5, 5.41) is 2.95. The van der Waals surface area contributed by atoms with Gasteiger partial charge in [0.2, 0.25) is 0 Å². The van der Waals surface area contributed by atoms with Crippen LogP contribution in [0.3, 0.4) is 0 Å². The third-order valence-electron chi connectivity index (χ3n) is 5.80. The van der Waals surface area contributed by atoms with Crippen LogP contribution in [0.25, 0.3) is 0 Å². The van der Waals surface area contributed by atoms with Crippen LogP contribution in [0, 0.1) is 0 Å². The fraction of sp³-hybridized carbons (Fsp3) is 0.231. The number of hydrogen-bond donors (Lipinski definition) is 1. The zero-order valence-corrected chi connectivity index (χ0v) is 19.6. The third-order valence-corrected chi connectivity index (χ3v) is 6.93. The molecule has 3 aromatic carbocycles. The Morgan fingerprint density at radius 2 is 1.50 bits per heavy atom. The van der Waals surface area contributed by atoms with E-state index < -0.39 is 21.4 Å². The maximum atomic E-state index is 13.6. The Morgan fingerprint density at radius 3 is 2.12 bits per heavy atom. The lowest BCUT2D eigenvalue weighted by Gasteiger charge is -2.27. The smallest absolute Gasteiger partial charge is 0.325 e. The van der Waals surface area contributed by atoms with Gasteiger partial charge in [-0.2, -0.15) is 0 Å². The van der Waals surface area contributed by atoms with Gasteiger partial charge >= 0.3 is 6.03 Å². The number of sulfone groups is 1. The van der Waals surface area contributed by atoms with Crippen LogP contribution in [0.4, 0.5) is 4.79 Å². The first-order valence-electron chi connectivity index (χ1n) is 11.0. The van der Waals surface area contributed by atoms with Gasteiger partial charge in [-0.15, -0.1) is 0 Å². The molecular formula is C26H26N2O5S. The van der Waals surface area contributed by atoms with Gasteiger partial charge in [0, 0.05) is 19.2 Å². The van der Waals surface area contributed by atoms with Gasteiger partial charge in [-0.3, -0.25) is 9.69 Å². The predicted octanol–water partition coefficient (Wildman–Crippen LogP) is 3.55. The Labute approximate surface area is 199 Å². The van der Waals surface area contributed by atoms with Crippen molar-refractivity contribution in [3.8, 4) is 5.75 Å². The zero-order valence-electron chi connectivity index (χ0n) is 18.8.